The first kappa shape index (κ1) is 11.3. The molecule has 3 heteroatoms. The highest BCUT2D eigenvalue weighted by Gasteiger charge is 2.39. The summed E-state index contributed by atoms with van der Waals surface area (Å²) in [5, 5.41) is 0. The predicted molar refractivity (Wildman–Crippen MR) is 60.3 cm³/mol. The van der Waals surface area contributed by atoms with Crippen LogP contribution in [-0.2, 0) is 10.3 Å². The summed E-state index contributed by atoms with van der Waals surface area (Å²) in [7, 11) is 0. The second-order valence-electron chi connectivity index (χ2n) is 4.75. The van der Waals surface area contributed by atoms with Crippen LogP contribution in [-0.4, -0.2) is 5.78 Å². The third kappa shape index (κ3) is 1.87. The van der Waals surface area contributed by atoms with E-state index in [9.17, 15) is 9.18 Å². The molecule has 1 fully saturated rings. The molecule has 0 aromatic heterocycles. The molecule has 1 aliphatic carbocycles. The van der Waals surface area contributed by atoms with Crippen molar-refractivity contribution in [2.45, 2.75) is 31.7 Å². The fraction of sp³-hybridized carbons (Fsp3) is 0.462. The smallest absolute Gasteiger partial charge is 0.157 e. The maximum absolute atomic E-state index is 12.8. The average molecular weight is 221 g/mol. The van der Waals surface area contributed by atoms with Crippen LogP contribution < -0.4 is 5.73 Å². The van der Waals surface area contributed by atoms with Crippen LogP contribution >= 0.6 is 0 Å². The third-order valence-corrected chi connectivity index (χ3v) is 3.39. The van der Waals surface area contributed by atoms with Crippen LogP contribution in [0.4, 0.5) is 4.39 Å². The summed E-state index contributed by atoms with van der Waals surface area (Å²) >= 11 is 0. The molecular weight excluding hydrogens is 205 g/mol. The first-order valence-corrected chi connectivity index (χ1v) is 5.60. The Morgan fingerprint density at radius 1 is 1.38 bits per heavy atom. The van der Waals surface area contributed by atoms with Gasteiger partial charge in [-0.15, -0.1) is 0 Å². The second-order valence-corrected chi connectivity index (χ2v) is 4.75. The zero-order valence-corrected chi connectivity index (χ0v) is 9.37. The minimum atomic E-state index is -0.911. The summed E-state index contributed by atoms with van der Waals surface area (Å²) in [5.41, 5.74) is 6.01. The van der Waals surface area contributed by atoms with Gasteiger partial charge in [0.15, 0.2) is 5.78 Å². The molecule has 2 N–H and O–H groups in total. The molecule has 86 valence electrons. The lowest BCUT2D eigenvalue weighted by atomic mass is 9.72. The van der Waals surface area contributed by atoms with Crippen LogP contribution in [0.1, 0.15) is 31.7 Å². The highest BCUT2D eigenvalue weighted by atomic mass is 19.1. The minimum absolute atomic E-state index is 0.0669. The largest absolute Gasteiger partial charge is 0.315 e. The molecule has 2 rings (SSSR count). The van der Waals surface area contributed by atoms with E-state index in [1.807, 2.05) is 0 Å². The first-order valence-electron chi connectivity index (χ1n) is 5.60. The Bertz CT molecular complexity index is 401. The Labute approximate surface area is 94.6 Å². The number of hydrogen-bond donors (Lipinski definition) is 1. The van der Waals surface area contributed by atoms with Gasteiger partial charge in [0, 0.05) is 6.42 Å². The van der Waals surface area contributed by atoms with E-state index >= 15 is 0 Å². The standard InChI is InChI=1S/C13H16FNO/c1-9-2-7-12(16)13(15,8-9)10-3-5-11(14)6-4-10/h3-6,9H,2,7-8,15H2,1H3. The van der Waals surface area contributed by atoms with Gasteiger partial charge >= 0.3 is 0 Å². The van der Waals surface area contributed by atoms with Crippen LogP contribution in [0.25, 0.3) is 0 Å². The van der Waals surface area contributed by atoms with Crippen molar-refractivity contribution >= 4 is 5.78 Å². The quantitative estimate of drug-likeness (QED) is 0.791. The molecule has 2 nitrogen and oxygen atoms in total. The Hall–Kier alpha value is -1.22. The Morgan fingerprint density at radius 2 is 2.00 bits per heavy atom. The summed E-state index contributed by atoms with van der Waals surface area (Å²) in [4.78, 5) is 11.9. The van der Waals surface area contributed by atoms with E-state index in [0.29, 0.717) is 18.8 Å². The number of halogens is 1. The molecule has 1 aliphatic rings. The van der Waals surface area contributed by atoms with Gasteiger partial charge in [0.1, 0.15) is 11.4 Å². The van der Waals surface area contributed by atoms with Crippen LogP contribution in [0.3, 0.4) is 0 Å². The summed E-state index contributed by atoms with van der Waals surface area (Å²) in [6, 6.07) is 5.95. The van der Waals surface area contributed by atoms with Crippen molar-refractivity contribution in [3.05, 3.63) is 35.6 Å². The van der Waals surface area contributed by atoms with E-state index < -0.39 is 5.54 Å². The van der Waals surface area contributed by atoms with Crippen molar-refractivity contribution in [2.75, 3.05) is 0 Å². The highest BCUT2D eigenvalue weighted by molar-refractivity contribution is 5.90. The van der Waals surface area contributed by atoms with Crippen molar-refractivity contribution in [1.82, 2.24) is 0 Å². The Balaban J connectivity index is 2.35. The van der Waals surface area contributed by atoms with Gasteiger partial charge in [0.2, 0.25) is 0 Å². The van der Waals surface area contributed by atoms with Gasteiger partial charge in [-0.3, -0.25) is 4.79 Å². The van der Waals surface area contributed by atoms with Crippen molar-refractivity contribution in [3.8, 4) is 0 Å². The molecule has 2 unspecified atom stereocenters. The fourth-order valence-corrected chi connectivity index (χ4v) is 2.39. The third-order valence-electron chi connectivity index (χ3n) is 3.39. The monoisotopic (exact) mass is 221 g/mol. The average Bonchev–Trinajstić information content (AvgIpc) is 2.25. The zero-order chi connectivity index (χ0) is 11.8. The maximum atomic E-state index is 12.8. The van der Waals surface area contributed by atoms with Gasteiger partial charge in [0.25, 0.3) is 0 Å². The summed E-state index contributed by atoms with van der Waals surface area (Å²) in [6.07, 6.45) is 2.07. The van der Waals surface area contributed by atoms with Crippen LogP contribution in [0.2, 0.25) is 0 Å². The van der Waals surface area contributed by atoms with Gasteiger partial charge in [-0.2, -0.15) is 0 Å². The summed E-state index contributed by atoms with van der Waals surface area (Å²) in [5.74, 6) is 0.202. The molecule has 1 aromatic rings. The van der Waals surface area contributed by atoms with Gasteiger partial charge in [0.05, 0.1) is 0 Å². The molecule has 1 saturated carbocycles. The number of carbonyl (C=O) groups excluding carboxylic acids is 1. The van der Waals surface area contributed by atoms with Gasteiger partial charge in [-0.25, -0.2) is 4.39 Å². The lowest BCUT2D eigenvalue weighted by Gasteiger charge is -2.35. The maximum Gasteiger partial charge on any atom is 0.157 e. The van der Waals surface area contributed by atoms with Crippen LogP contribution in [0.5, 0.6) is 0 Å². The number of carbonyl (C=O) groups is 1. The van der Waals surface area contributed by atoms with Crippen molar-refractivity contribution < 1.29 is 9.18 Å². The number of benzene rings is 1. The van der Waals surface area contributed by atoms with E-state index in [0.717, 1.165) is 12.0 Å². The van der Waals surface area contributed by atoms with E-state index in [2.05, 4.69) is 6.92 Å². The number of hydrogen-bond acceptors (Lipinski definition) is 2. The lowest BCUT2D eigenvalue weighted by molar-refractivity contribution is -0.127. The molecule has 0 heterocycles. The van der Waals surface area contributed by atoms with Gasteiger partial charge in [-0.05, 0) is 36.5 Å². The Morgan fingerprint density at radius 3 is 2.62 bits per heavy atom. The van der Waals surface area contributed by atoms with E-state index in [1.165, 1.54) is 12.1 Å². The van der Waals surface area contributed by atoms with Crippen LogP contribution in [0, 0.1) is 11.7 Å². The first-order chi connectivity index (χ1) is 7.52. The normalized spacial score (nSPS) is 30.4. The topological polar surface area (TPSA) is 43.1 Å². The number of rotatable bonds is 1. The molecule has 2 atom stereocenters. The van der Waals surface area contributed by atoms with E-state index in [-0.39, 0.29) is 11.6 Å². The number of ketones is 1. The molecule has 1 aromatic carbocycles. The molecular formula is C13H16FNO. The Kier molecular flexibility index (Phi) is 2.80. The van der Waals surface area contributed by atoms with Crippen molar-refractivity contribution in [1.29, 1.82) is 0 Å². The zero-order valence-electron chi connectivity index (χ0n) is 9.37. The minimum Gasteiger partial charge on any atom is -0.315 e. The second kappa shape index (κ2) is 3.98. The molecule has 16 heavy (non-hydrogen) atoms. The summed E-state index contributed by atoms with van der Waals surface area (Å²) in [6.45, 7) is 2.09. The van der Waals surface area contributed by atoms with Crippen molar-refractivity contribution in [3.63, 3.8) is 0 Å². The summed E-state index contributed by atoms with van der Waals surface area (Å²) < 4.78 is 12.8. The van der Waals surface area contributed by atoms with E-state index in [4.69, 9.17) is 5.73 Å². The molecule has 0 aliphatic heterocycles. The van der Waals surface area contributed by atoms with Gasteiger partial charge < -0.3 is 5.73 Å². The number of nitrogens with two attached hydrogens (primary N) is 1. The van der Waals surface area contributed by atoms with Crippen LogP contribution in [0.15, 0.2) is 24.3 Å². The molecule has 0 amide bonds. The lowest BCUT2D eigenvalue weighted by Crippen LogP contribution is -2.48. The highest BCUT2D eigenvalue weighted by Crippen LogP contribution is 2.35. The molecule has 0 saturated heterocycles. The number of Topliss-reactive ketones (excluding diaryl/α,β-unsaturated/α-hetero) is 1. The van der Waals surface area contributed by atoms with E-state index in [1.54, 1.807) is 12.1 Å². The van der Waals surface area contributed by atoms with Gasteiger partial charge in [-0.1, -0.05) is 19.1 Å². The molecule has 0 bridgehead atoms. The van der Waals surface area contributed by atoms with Crippen molar-refractivity contribution in [2.24, 2.45) is 11.7 Å². The predicted octanol–water partition coefficient (Wildman–Crippen LogP) is 2.37. The molecule has 0 spiro atoms. The molecule has 0 radical (unpaired) electrons. The SMILES string of the molecule is CC1CCC(=O)C(N)(c2ccc(F)cc2)C1. The fourth-order valence-electron chi connectivity index (χ4n) is 2.39.